The fraction of sp³-hybridized carbons (Fsp3) is 1.00. The van der Waals surface area contributed by atoms with Crippen LogP contribution in [0.1, 0.15) is 65.2 Å². The van der Waals surface area contributed by atoms with Crippen molar-refractivity contribution in [2.75, 3.05) is 28.2 Å². The van der Waals surface area contributed by atoms with Gasteiger partial charge in [0.15, 0.2) is 0 Å². The summed E-state index contributed by atoms with van der Waals surface area (Å²) >= 11 is 0. The highest BCUT2D eigenvalue weighted by atomic mass is 15.1. The van der Waals surface area contributed by atoms with Gasteiger partial charge in [-0.2, -0.15) is 0 Å². The first-order valence-electron chi connectivity index (χ1n) is 9.15. The summed E-state index contributed by atoms with van der Waals surface area (Å²) in [5.74, 6) is 1.91. The Hall–Kier alpha value is -0.0800. The van der Waals surface area contributed by atoms with E-state index in [1.807, 2.05) is 0 Å². The summed E-state index contributed by atoms with van der Waals surface area (Å²) in [6.45, 7) is 5.16. The lowest BCUT2D eigenvalue weighted by atomic mass is 9.60. The van der Waals surface area contributed by atoms with Crippen molar-refractivity contribution in [2.24, 2.45) is 17.3 Å². The molecule has 2 saturated carbocycles. The summed E-state index contributed by atoms with van der Waals surface area (Å²) in [4.78, 5) is 4.87. The smallest absolute Gasteiger partial charge is 0.00893 e. The Balaban J connectivity index is 1.88. The Morgan fingerprint density at radius 3 is 1.10 bits per heavy atom. The molecule has 0 aromatic carbocycles. The summed E-state index contributed by atoms with van der Waals surface area (Å²) in [5.41, 5.74) is 0.550. The summed E-state index contributed by atoms with van der Waals surface area (Å²) in [6, 6.07) is 1.67. The molecule has 2 heteroatoms. The van der Waals surface area contributed by atoms with Crippen LogP contribution < -0.4 is 0 Å². The second-order valence-electron chi connectivity index (χ2n) is 8.76. The second-order valence-corrected chi connectivity index (χ2v) is 8.76. The molecular formula is C19H38N2. The van der Waals surface area contributed by atoms with Crippen molar-refractivity contribution in [1.29, 1.82) is 0 Å². The van der Waals surface area contributed by atoms with Crippen LogP contribution in [0.5, 0.6) is 0 Å². The van der Waals surface area contributed by atoms with Gasteiger partial charge in [0, 0.05) is 12.1 Å². The summed E-state index contributed by atoms with van der Waals surface area (Å²) in [7, 11) is 8.99. The molecule has 0 amide bonds. The van der Waals surface area contributed by atoms with E-state index in [0.29, 0.717) is 5.41 Å². The highest BCUT2D eigenvalue weighted by molar-refractivity contribution is 4.92. The molecule has 124 valence electrons. The molecular weight excluding hydrogens is 256 g/mol. The third kappa shape index (κ3) is 4.01. The average Bonchev–Trinajstić information content (AvgIpc) is 2.47. The third-order valence-electron chi connectivity index (χ3n) is 6.96. The van der Waals surface area contributed by atoms with E-state index in [-0.39, 0.29) is 0 Å². The van der Waals surface area contributed by atoms with Gasteiger partial charge in [0.2, 0.25) is 0 Å². The Kier molecular flexibility index (Phi) is 5.76. The minimum atomic E-state index is 0.550. The summed E-state index contributed by atoms with van der Waals surface area (Å²) in [5, 5.41) is 0. The third-order valence-corrected chi connectivity index (χ3v) is 6.96. The van der Waals surface area contributed by atoms with Crippen LogP contribution in [0.3, 0.4) is 0 Å². The van der Waals surface area contributed by atoms with Gasteiger partial charge >= 0.3 is 0 Å². The molecule has 0 unspecified atom stereocenters. The maximum atomic E-state index is 2.58. The van der Waals surface area contributed by atoms with Gasteiger partial charge in [-0.25, -0.2) is 0 Å². The molecule has 0 bridgehead atoms. The van der Waals surface area contributed by atoms with Gasteiger partial charge in [0.1, 0.15) is 0 Å². The largest absolute Gasteiger partial charge is 0.306 e. The van der Waals surface area contributed by atoms with Crippen LogP contribution in [0, 0.1) is 17.3 Å². The molecule has 21 heavy (non-hydrogen) atoms. The average molecular weight is 295 g/mol. The monoisotopic (exact) mass is 294 g/mol. The van der Waals surface area contributed by atoms with Crippen molar-refractivity contribution < 1.29 is 0 Å². The van der Waals surface area contributed by atoms with Gasteiger partial charge in [0.25, 0.3) is 0 Å². The van der Waals surface area contributed by atoms with Gasteiger partial charge in [0.05, 0.1) is 0 Å². The van der Waals surface area contributed by atoms with Crippen molar-refractivity contribution in [3.05, 3.63) is 0 Å². The molecule has 0 N–H and O–H groups in total. The Morgan fingerprint density at radius 2 is 0.857 bits per heavy atom. The topological polar surface area (TPSA) is 6.48 Å². The van der Waals surface area contributed by atoms with Crippen LogP contribution in [0.15, 0.2) is 0 Å². The molecule has 2 aliphatic rings. The van der Waals surface area contributed by atoms with E-state index >= 15 is 0 Å². The lowest BCUT2D eigenvalue weighted by Crippen LogP contribution is -2.42. The minimum Gasteiger partial charge on any atom is -0.306 e. The van der Waals surface area contributed by atoms with Crippen LogP contribution in [-0.2, 0) is 0 Å². The van der Waals surface area contributed by atoms with E-state index in [9.17, 15) is 0 Å². The number of hydrogen-bond acceptors (Lipinski definition) is 2. The lowest BCUT2D eigenvalue weighted by molar-refractivity contribution is 0.0291. The van der Waals surface area contributed by atoms with Gasteiger partial charge in [-0.1, -0.05) is 13.8 Å². The summed E-state index contributed by atoms with van der Waals surface area (Å²) in [6.07, 6.45) is 11.4. The van der Waals surface area contributed by atoms with Gasteiger partial charge in [-0.3, -0.25) is 0 Å². The Morgan fingerprint density at radius 1 is 0.571 bits per heavy atom. The van der Waals surface area contributed by atoms with E-state index in [0.717, 1.165) is 23.9 Å². The highest BCUT2D eigenvalue weighted by Gasteiger charge is 2.40. The van der Waals surface area contributed by atoms with Gasteiger partial charge in [-0.05, 0) is 96.8 Å². The first-order valence-corrected chi connectivity index (χ1v) is 9.15. The number of rotatable bonds is 4. The zero-order valence-electron chi connectivity index (χ0n) is 15.4. The summed E-state index contributed by atoms with van der Waals surface area (Å²) < 4.78 is 0. The first-order chi connectivity index (χ1) is 9.82. The van der Waals surface area contributed by atoms with Gasteiger partial charge in [-0.15, -0.1) is 0 Å². The van der Waals surface area contributed by atoms with E-state index in [1.54, 1.807) is 0 Å². The zero-order chi connectivity index (χ0) is 15.6. The molecule has 2 rings (SSSR count). The van der Waals surface area contributed by atoms with Crippen molar-refractivity contribution >= 4 is 0 Å². The Bertz CT molecular complexity index is 276. The normalized spacial score (nSPS) is 35.4. The predicted molar refractivity (Wildman–Crippen MR) is 92.6 cm³/mol. The SMILES string of the molecule is CN(C)C1CCC(C(C)(C)C2CCC(N(C)C)CC2)CC1. The molecule has 0 aromatic rings. The molecule has 2 aliphatic carbocycles. The molecule has 2 fully saturated rings. The minimum absolute atomic E-state index is 0.550. The zero-order valence-corrected chi connectivity index (χ0v) is 15.4. The van der Waals surface area contributed by atoms with E-state index in [1.165, 1.54) is 51.4 Å². The van der Waals surface area contributed by atoms with Gasteiger partial charge < -0.3 is 9.80 Å². The standard InChI is InChI=1S/C19H38N2/c1-19(2,15-7-11-17(12-8-15)20(3)4)16-9-13-18(14-10-16)21(5)6/h15-18H,7-14H2,1-6H3. The van der Waals surface area contributed by atoms with Crippen molar-refractivity contribution in [3.63, 3.8) is 0 Å². The quantitative estimate of drug-likeness (QED) is 0.764. The van der Waals surface area contributed by atoms with Crippen LogP contribution >= 0.6 is 0 Å². The molecule has 2 nitrogen and oxygen atoms in total. The maximum Gasteiger partial charge on any atom is 0.00893 e. The first kappa shape index (κ1) is 17.3. The highest BCUT2D eigenvalue weighted by Crippen LogP contribution is 2.48. The van der Waals surface area contributed by atoms with Crippen molar-refractivity contribution in [3.8, 4) is 0 Å². The van der Waals surface area contributed by atoms with Crippen molar-refractivity contribution in [2.45, 2.75) is 77.3 Å². The fourth-order valence-electron chi connectivity index (χ4n) is 5.01. The molecule has 0 spiro atoms. The van der Waals surface area contributed by atoms with E-state index < -0.39 is 0 Å². The van der Waals surface area contributed by atoms with Crippen LogP contribution in [0.25, 0.3) is 0 Å². The predicted octanol–water partition coefficient (Wildman–Crippen LogP) is 4.25. The van der Waals surface area contributed by atoms with Crippen LogP contribution in [0.2, 0.25) is 0 Å². The molecule has 0 atom stereocenters. The fourth-order valence-corrected chi connectivity index (χ4v) is 5.01. The lowest BCUT2D eigenvalue weighted by Gasteiger charge is -2.48. The second kappa shape index (κ2) is 7.00. The molecule has 0 heterocycles. The number of hydrogen-bond donors (Lipinski definition) is 0. The number of nitrogens with zero attached hydrogens (tertiary/aromatic N) is 2. The molecule has 0 aliphatic heterocycles. The van der Waals surface area contributed by atoms with Crippen molar-refractivity contribution in [1.82, 2.24) is 9.80 Å². The Labute approximate surface area is 133 Å². The van der Waals surface area contributed by atoms with E-state index in [4.69, 9.17) is 0 Å². The van der Waals surface area contributed by atoms with Crippen LogP contribution in [0.4, 0.5) is 0 Å². The maximum absolute atomic E-state index is 2.58. The molecule has 0 saturated heterocycles. The van der Waals surface area contributed by atoms with Crippen LogP contribution in [-0.4, -0.2) is 50.1 Å². The van der Waals surface area contributed by atoms with E-state index in [2.05, 4.69) is 51.8 Å². The molecule has 0 radical (unpaired) electrons. The molecule has 0 aromatic heterocycles.